The molecule has 160 valence electrons. The van der Waals surface area contributed by atoms with E-state index in [0.29, 0.717) is 12.5 Å². The number of hydrogen-bond acceptors (Lipinski definition) is 4. The molecule has 2 aromatic carbocycles. The maximum atomic E-state index is 12.6. The molecule has 0 radical (unpaired) electrons. The van der Waals surface area contributed by atoms with Crippen LogP contribution >= 0.6 is 0 Å². The summed E-state index contributed by atoms with van der Waals surface area (Å²) in [6.07, 6.45) is 1.92. The third-order valence-corrected chi connectivity index (χ3v) is 5.62. The highest BCUT2D eigenvalue weighted by Crippen LogP contribution is 2.30. The van der Waals surface area contributed by atoms with Crippen LogP contribution in [-0.4, -0.2) is 38.0 Å². The van der Waals surface area contributed by atoms with Gasteiger partial charge in [-0.2, -0.15) is 0 Å². The lowest BCUT2D eigenvalue weighted by Crippen LogP contribution is -2.44. The van der Waals surface area contributed by atoms with Crippen LogP contribution in [0.3, 0.4) is 0 Å². The molecule has 0 aromatic heterocycles. The molecule has 0 bridgehead atoms. The summed E-state index contributed by atoms with van der Waals surface area (Å²) in [6.45, 7) is 7.60. The van der Waals surface area contributed by atoms with Gasteiger partial charge in [0.25, 0.3) is 0 Å². The molecule has 1 unspecified atom stereocenters. The zero-order valence-electron chi connectivity index (χ0n) is 18.1. The van der Waals surface area contributed by atoms with Crippen molar-refractivity contribution < 1.29 is 9.59 Å². The second kappa shape index (κ2) is 9.76. The van der Waals surface area contributed by atoms with Crippen molar-refractivity contribution in [2.24, 2.45) is 11.7 Å². The van der Waals surface area contributed by atoms with Crippen molar-refractivity contribution in [3.63, 3.8) is 0 Å². The summed E-state index contributed by atoms with van der Waals surface area (Å²) in [5.41, 5.74) is 12.1. The van der Waals surface area contributed by atoms with Gasteiger partial charge >= 0.3 is 0 Å². The number of anilines is 2. The van der Waals surface area contributed by atoms with Crippen LogP contribution in [-0.2, 0) is 16.0 Å². The fourth-order valence-electron chi connectivity index (χ4n) is 4.33. The van der Waals surface area contributed by atoms with Crippen molar-refractivity contribution in [1.29, 1.82) is 0 Å². The second-order valence-electron chi connectivity index (χ2n) is 8.26. The van der Waals surface area contributed by atoms with Crippen LogP contribution in [0, 0.1) is 26.7 Å². The number of fused-ring (bicyclic) bond motifs is 1. The minimum Gasteiger partial charge on any atom is -0.362 e. The highest BCUT2D eigenvalue weighted by atomic mass is 16.2. The lowest BCUT2D eigenvalue weighted by atomic mass is 9.90. The highest BCUT2D eigenvalue weighted by Gasteiger charge is 2.25. The highest BCUT2D eigenvalue weighted by molar-refractivity contribution is 5.96. The second-order valence-corrected chi connectivity index (χ2v) is 8.26. The molecular weight excluding hydrogens is 376 g/mol. The Bertz CT molecular complexity index is 902. The van der Waals surface area contributed by atoms with Crippen molar-refractivity contribution in [1.82, 2.24) is 5.32 Å². The van der Waals surface area contributed by atoms with Gasteiger partial charge in [0.05, 0.1) is 13.1 Å². The molecule has 0 spiro atoms. The Morgan fingerprint density at radius 2 is 1.80 bits per heavy atom. The molecule has 2 aromatic rings. The van der Waals surface area contributed by atoms with Gasteiger partial charge in [0.15, 0.2) is 0 Å². The normalized spacial score (nSPS) is 15.5. The monoisotopic (exact) mass is 408 g/mol. The maximum absolute atomic E-state index is 12.6. The molecule has 1 aliphatic heterocycles. The molecule has 0 saturated carbocycles. The first-order valence-electron chi connectivity index (χ1n) is 10.5. The molecule has 1 aliphatic rings. The van der Waals surface area contributed by atoms with E-state index in [2.05, 4.69) is 27.7 Å². The van der Waals surface area contributed by atoms with E-state index in [9.17, 15) is 9.59 Å². The van der Waals surface area contributed by atoms with Gasteiger partial charge in [0, 0.05) is 17.9 Å². The number of hydrogen-bond donors (Lipinski definition) is 3. The molecule has 30 heavy (non-hydrogen) atoms. The van der Waals surface area contributed by atoms with Gasteiger partial charge in [0.1, 0.15) is 0 Å². The molecule has 1 atom stereocenters. The number of carbonyl (C=O) groups is 2. The van der Waals surface area contributed by atoms with Gasteiger partial charge in [-0.25, -0.2) is 0 Å². The largest absolute Gasteiger partial charge is 0.362 e. The van der Waals surface area contributed by atoms with Crippen LogP contribution in [0.15, 0.2) is 36.4 Å². The zero-order chi connectivity index (χ0) is 21.7. The Morgan fingerprint density at radius 1 is 1.10 bits per heavy atom. The average Bonchev–Trinajstić information content (AvgIpc) is 2.69. The number of para-hydroxylation sites is 1. The van der Waals surface area contributed by atoms with Gasteiger partial charge in [-0.15, -0.1) is 0 Å². The fraction of sp³-hybridized carbons (Fsp3) is 0.417. The van der Waals surface area contributed by atoms with Crippen molar-refractivity contribution >= 4 is 23.2 Å². The Kier molecular flexibility index (Phi) is 7.11. The zero-order valence-corrected chi connectivity index (χ0v) is 18.1. The molecule has 4 N–H and O–H groups in total. The number of nitrogens with one attached hydrogen (secondary N) is 2. The average molecular weight is 409 g/mol. The number of aryl methyl sites for hydroxylation is 3. The van der Waals surface area contributed by atoms with E-state index in [4.69, 9.17) is 5.73 Å². The Morgan fingerprint density at radius 3 is 2.50 bits per heavy atom. The predicted molar refractivity (Wildman–Crippen MR) is 122 cm³/mol. The summed E-state index contributed by atoms with van der Waals surface area (Å²) in [5.74, 6) is 0.0534. The van der Waals surface area contributed by atoms with E-state index in [1.807, 2.05) is 45.0 Å². The van der Waals surface area contributed by atoms with Gasteiger partial charge in [-0.1, -0.05) is 35.9 Å². The quantitative estimate of drug-likeness (QED) is 0.657. The summed E-state index contributed by atoms with van der Waals surface area (Å²) in [6, 6.07) is 12.3. The van der Waals surface area contributed by atoms with E-state index in [1.165, 1.54) is 5.56 Å². The number of nitrogens with two attached hydrogens (primary N) is 1. The van der Waals surface area contributed by atoms with Crippen molar-refractivity contribution in [2.45, 2.75) is 33.6 Å². The number of nitrogens with zero attached hydrogens (tertiary/aromatic N) is 1. The lowest BCUT2D eigenvalue weighted by Gasteiger charge is -2.35. The summed E-state index contributed by atoms with van der Waals surface area (Å²) in [5, 5.41) is 5.68. The van der Waals surface area contributed by atoms with Gasteiger partial charge in [0.2, 0.25) is 11.8 Å². The number of amides is 2. The fourth-order valence-corrected chi connectivity index (χ4v) is 4.33. The summed E-state index contributed by atoms with van der Waals surface area (Å²) in [4.78, 5) is 27.0. The van der Waals surface area contributed by atoms with Crippen LogP contribution in [0.2, 0.25) is 0 Å². The van der Waals surface area contributed by atoms with E-state index in [-0.39, 0.29) is 24.9 Å². The molecular formula is C24H32N4O2. The summed E-state index contributed by atoms with van der Waals surface area (Å²) < 4.78 is 0. The molecule has 2 amide bonds. The molecule has 1 heterocycles. The van der Waals surface area contributed by atoms with Gasteiger partial charge < -0.3 is 21.3 Å². The van der Waals surface area contributed by atoms with Crippen LogP contribution in [0.1, 0.15) is 28.7 Å². The van der Waals surface area contributed by atoms with E-state index < -0.39 is 0 Å². The predicted octanol–water partition coefficient (Wildman–Crippen LogP) is 2.69. The van der Waals surface area contributed by atoms with Crippen molar-refractivity contribution in [3.8, 4) is 0 Å². The third-order valence-electron chi connectivity index (χ3n) is 5.62. The van der Waals surface area contributed by atoms with Crippen LogP contribution < -0.4 is 21.3 Å². The number of carbonyl (C=O) groups excluding carboxylic acids is 2. The van der Waals surface area contributed by atoms with Crippen LogP contribution in [0.25, 0.3) is 0 Å². The first-order chi connectivity index (χ1) is 14.4. The maximum Gasteiger partial charge on any atom is 0.243 e. The Labute approximate surface area is 178 Å². The summed E-state index contributed by atoms with van der Waals surface area (Å²) >= 11 is 0. The third kappa shape index (κ3) is 5.39. The first kappa shape index (κ1) is 21.8. The lowest BCUT2D eigenvalue weighted by molar-refractivity contribution is -0.123. The minimum absolute atomic E-state index is 0.0483. The molecule has 0 aliphatic carbocycles. The smallest absolute Gasteiger partial charge is 0.243 e. The van der Waals surface area contributed by atoms with Crippen LogP contribution in [0.4, 0.5) is 11.4 Å². The van der Waals surface area contributed by atoms with E-state index >= 15 is 0 Å². The molecule has 3 rings (SSSR count). The number of rotatable bonds is 7. The Hall–Kier alpha value is -2.86. The standard InChI is InChI=1S/C24H32N4O2/c1-16-10-17(2)24(18(3)11-16)27-22(29)13-26-23(30)15-28-14-19(8-9-25)12-20-6-4-5-7-21(20)28/h4-7,10-11,19H,8-9,12-15,25H2,1-3H3,(H,26,30)(H,27,29). The molecule has 6 heteroatoms. The minimum atomic E-state index is -0.224. The van der Waals surface area contributed by atoms with E-state index in [0.717, 1.165) is 47.5 Å². The van der Waals surface area contributed by atoms with Crippen LogP contribution in [0.5, 0.6) is 0 Å². The molecule has 0 fully saturated rings. The topological polar surface area (TPSA) is 87.5 Å². The van der Waals surface area contributed by atoms with Crippen molar-refractivity contribution in [3.05, 3.63) is 58.7 Å². The van der Waals surface area contributed by atoms with Gasteiger partial charge in [-0.05, 0) is 68.8 Å². The molecule has 6 nitrogen and oxygen atoms in total. The first-order valence-corrected chi connectivity index (χ1v) is 10.5. The summed E-state index contributed by atoms with van der Waals surface area (Å²) in [7, 11) is 0. The number of benzene rings is 2. The Balaban J connectivity index is 1.57. The SMILES string of the molecule is Cc1cc(C)c(NC(=O)CNC(=O)CN2CC(CCN)Cc3ccccc32)c(C)c1. The van der Waals surface area contributed by atoms with E-state index in [1.54, 1.807) is 0 Å². The van der Waals surface area contributed by atoms with Crippen molar-refractivity contribution in [2.75, 3.05) is 36.4 Å². The molecule has 0 saturated heterocycles. The van der Waals surface area contributed by atoms with Gasteiger partial charge in [-0.3, -0.25) is 9.59 Å².